The maximum atomic E-state index is 2.60. The molecule has 1 aromatic carbocycles. The van der Waals surface area contributed by atoms with Crippen molar-refractivity contribution in [1.29, 1.82) is 0 Å². The van der Waals surface area contributed by atoms with E-state index in [-0.39, 0.29) is 0 Å². The maximum absolute atomic E-state index is 2.60. The Labute approximate surface area is 160 Å². The predicted octanol–water partition coefficient (Wildman–Crippen LogP) is 5.15. The van der Waals surface area contributed by atoms with E-state index in [1.54, 1.807) is 0 Å². The molecule has 1 aliphatic carbocycles. The summed E-state index contributed by atoms with van der Waals surface area (Å²) in [5.41, 5.74) is 2.90. The molecule has 0 bridgehead atoms. The van der Waals surface area contributed by atoms with Gasteiger partial charge in [0.15, 0.2) is 0 Å². The molecule has 0 saturated carbocycles. The van der Waals surface area contributed by atoms with Gasteiger partial charge in [0.05, 0.1) is 17.0 Å². The topological polar surface area (TPSA) is 6.48 Å². The number of para-hydroxylation sites is 1. The molecule has 4 rings (SSSR count). The summed E-state index contributed by atoms with van der Waals surface area (Å²) in [5, 5.41) is 0.508. The number of fused-ring (bicyclic) bond motifs is 2. The summed E-state index contributed by atoms with van der Waals surface area (Å²) < 4.78 is 0. The highest BCUT2D eigenvalue weighted by Gasteiger charge is 2.33. The lowest BCUT2D eigenvalue weighted by Gasteiger charge is -2.42. The minimum absolute atomic E-state index is 0.443. The second-order valence-corrected chi connectivity index (χ2v) is 9.00. The van der Waals surface area contributed by atoms with Crippen LogP contribution in [0.15, 0.2) is 64.1 Å². The minimum Gasteiger partial charge on any atom is -0.378 e. The first-order valence-electron chi connectivity index (χ1n) is 9.13. The molecule has 2 nitrogen and oxygen atoms in total. The molecule has 3 aliphatic rings. The first kappa shape index (κ1) is 17.2. The van der Waals surface area contributed by atoms with E-state index in [1.807, 2.05) is 23.5 Å². The summed E-state index contributed by atoms with van der Waals surface area (Å²) in [7, 11) is 2.24. The van der Waals surface area contributed by atoms with E-state index in [2.05, 4.69) is 71.7 Å². The van der Waals surface area contributed by atoms with Gasteiger partial charge in [-0.25, -0.2) is 0 Å². The second-order valence-electron chi connectivity index (χ2n) is 6.90. The van der Waals surface area contributed by atoms with Gasteiger partial charge in [-0.05, 0) is 49.8 Å². The van der Waals surface area contributed by atoms with Gasteiger partial charge in [-0.15, -0.1) is 23.5 Å². The number of piperidine rings is 1. The molecule has 4 heteroatoms. The Morgan fingerprint density at radius 2 is 2.16 bits per heavy atom. The average molecular weight is 371 g/mol. The van der Waals surface area contributed by atoms with Crippen LogP contribution in [-0.2, 0) is 0 Å². The molecular formula is C21H26N2S2. The SMILES string of the molecule is CSC1=CC2C(C=C1)Sc1ccccc1N2C/C=C1\CCCCN1C. The summed E-state index contributed by atoms with van der Waals surface area (Å²) in [6.07, 6.45) is 15.7. The van der Waals surface area contributed by atoms with Crippen molar-refractivity contribution in [3.63, 3.8) is 0 Å². The van der Waals surface area contributed by atoms with E-state index in [0.717, 1.165) is 6.54 Å². The molecule has 25 heavy (non-hydrogen) atoms. The highest BCUT2D eigenvalue weighted by molar-refractivity contribution is 8.02. The van der Waals surface area contributed by atoms with Crippen molar-refractivity contribution in [2.45, 2.75) is 35.4 Å². The van der Waals surface area contributed by atoms with Crippen LogP contribution in [0.5, 0.6) is 0 Å². The smallest absolute Gasteiger partial charge is 0.0648 e. The van der Waals surface area contributed by atoms with Crippen molar-refractivity contribution in [3.05, 3.63) is 59.2 Å². The molecule has 132 valence electrons. The van der Waals surface area contributed by atoms with Crippen LogP contribution >= 0.6 is 23.5 Å². The number of anilines is 1. The Bertz CT molecular complexity index is 722. The van der Waals surface area contributed by atoms with E-state index in [9.17, 15) is 0 Å². The van der Waals surface area contributed by atoms with Crippen molar-refractivity contribution in [1.82, 2.24) is 4.90 Å². The summed E-state index contributed by atoms with van der Waals surface area (Å²) in [6, 6.07) is 9.33. The summed E-state index contributed by atoms with van der Waals surface area (Å²) in [6.45, 7) is 2.19. The average Bonchev–Trinajstić information content (AvgIpc) is 2.66. The number of thioether (sulfide) groups is 2. The predicted molar refractivity (Wildman–Crippen MR) is 113 cm³/mol. The number of benzene rings is 1. The highest BCUT2D eigenvalue weighted by atomic mass is 32.2. The number of hydrogen-bond donors (Lipinski definition) is 0. The van der Waals surface area contributed by atoms with E-state index in [0.29, 0.717) is 11.3 Å². The summed E-state index contributed by atoms with van der Waals surface area (Å²) >= 11 is 3.85. The Kier molecular flexibility index (Phi) is 5.18. The molecule has 0 N–H and O–H groups in total. The van der Waals surface area contributed by atoms with Gasteiger partial charge >= 0.3 is 0 Å². The van der Waals surface area contributed by atoms with Crippen LogP contribution in [0.4, 0.5) is 5.69 Å². The Morgan fingerprint density at radius 3 is 3.00 bits per heavy atom. The molecule has 2 atom stereocenters. The van der Waals surface area contributed by atoms with Gasteiger partial charge in [-0.3, -0.25) is 0 Å². The summed E-state index contributed by atoms with van der Waals surface area (Å²) in [4.78, 5) is 7.83. The number of likely N-dealkylation sites (tertiary alicyclic amines) is 1. The number of nitrogens with zero attached hydrogens (tertiary/aromatic N) is 2. The zero-order valence-electron chi connectivity index (χ0n) is 15.0. The number of allylic oxidation sites excluding steroid dienone is 2. The lowest BCUT2D eigenvalue weighted by Crippen LogP contribution is -2.44. The third-order valence-electron chi connectivity index (χ3n) is 5.35. The third-order valence-corrected chi connectivity index (χ3v) is 7.40. The van der Waals surface area contributed by atoms with Crippen molar-refractivity contribution in [2.75, 3.05) is 31.3 Å². The number of hydrogen-bond acceptors (Lipinski definition) is 4. The van der Waals surface area contributed by atoms with Gasteiger partial charge in [-0.2, -0.15) is 0 Å². The maximum Gasteiger partial charge on any atom is 0.0648 e. The summed E-state index contributed by atoms with van der Waals surface area (Å²) in [5.74, 6) is 0. The monoisotopic (exact) mass is 370 g/mol. The van der Waals surface area contributed by atoms with Gasteiger partial charge in [-0.1, -0.05) is 24.3 Å². The standard InChI is InChI=1S/C21H26N2S2/c1-22-13-6-5-7-16(22)12-14-23-18-8-3-4-9-20(18)25-21-11-10-17(24-2)15-19(21)23/h3-4,8-12,15,19,21H,5-7,13-14H2,1-2H3/b16-12+. The largest absolute Gasteiger partial charge is 0.378 e. The molecule has 2 heterocycles. The Hall–Kier alpha value is -1.26. The molecule has 1 saturated heterocycles. The van der Waals surface area contributed by atoms with Gasteiger partial charge in [0.2, 0.25) is 0 Å². The zero-order chi connectivity index (χ0) is 17.2. The molecule has 2 unspecified atom stereocenters. The highest BCUT2D eigenvalue weighted by Crippen LogP contribution is 2.44. The van der Waals surface area contributed by atoms with Gasteiger partial charge in [0.1, 0.15) is 0 Å². The molecule has 0 spiro atoms. The Morgan fingerprint density at radius 1 is 1.28 bits per heavy atom. The minimum atomic E-state index is 0.443. The fraction of sp³-hybridized carbons (Fsp3) is 0.429. The van der Waals surface area contributed by atoms with Crippen molar-refractivity contribution < 1.29 is 0 Å². The lowest BCUT2D eigenvalue weighted by atomic mass is 10.0. The molecule has 2 aliphatic heterocycles. The third kappa shape index (κ3) is 3.52. The van der Waals surface area contributed by atoms with Crippen LogP contribution in [0.1, 0.15) is 19.3 Å². The van der Waals surface area contributed by atoms with Gasteiger partial charge in [0.25, 0.3) is 0 Å². The van der Waals surface area contributed by atoms with E-state index in [4.69, 9.17) is 0 Å². The van der Waals surface area contributed by atoms with Crippen LogP contribution in [0.3, 0.4) is 0 Å². The normalized spacial score (nSPS) is 27.1. The first-order chi connectivity index (χ1) is 12.3. The van der Waals surface area contributed by atoms with Crippen LogP contribution in [-0.4, -0.2) is 42.6 Å². The van der Waals surface area contributed by atoms with Gasteiger partial charge < -0.3 is 9.80 Å². The van der Waals surface area contributed by atoms with Crippen molar-refractivity contribution in [2.24, 2.45) is 0 Å². The zero-order valence-corrected chi connectivity index (χ0v) is 16.7. The van der Waals surface area contributed by atoms with Crippen LogP contribution < -0.4 is 4.90 Å². The van der Waals surface area contributed by atoms with Crippen molar-refractivity contribution >= 4 is 29.2 Å². The fourth-order valence-electron chi connectivity index (χ4n) is 3.91. The quantitative estimate of drug-likeness (QED) is 0.725. The Balaban J connectivity index is 1.65. The van der Waals surface area contributed by atoms with E-state index < -0.39 is 0 Å². The van der Waals surface area contributed by atoms with E-state index >= 15 is 0 Å². The molecule has 0 amide bonds. The number of rotatable bonds is 3. The first-order valence-corrected chi connectivity index (χ1v) is 11.2. The molecule has 1 aromatic rings. The molecule has 1 fully saturated rings. The van der Waals surface area contributed by atoms with Gasteiger partial charge in [0, 0.05) is 35.6 Å². The molecule has 0 radical (unpaired) electrons. The fourth-order valence-corrected chi connectivity index (χ4v) is 5.68. The van der Waals surface area contributed by atoms with Crippen LogP contribution in [0.2, 0.25) is 0 Å². The van der Waals surface area contributed by atoms with Crippen molar-refractivity contribution in [3.8, 4) is 0 Å². The second kappa shape index (κ2) is 7.55. The van der Waals surface area contributed by atoms with Crippen LogP contribution in [0.25, 0.3) is 0 Å². The van der Waals surface area contributed by atoms with E-state index in [1.165, 1.54) is 47.0 Å². The van der Waals surface area contributed by atoms with Crippen LogP contribution in [0, 0.1) is 0 Å². The molecule has 0 aromatic heterocycles. The lowest BCUT2D eigenvalue weighted by molar-refractivity contribution is 0.343. The molecular weight excluding hydrogens is 344 g/mol.